The molecule has 3 aromatic rings. The van der Waals surface area contributed by atoms with Crippen molar-refractivity contribution in [2.75, 3.05) is 31.3 Å². The van der Waals surface area contributed by atoms with Crippen molar-refractivity contribution < 1.29 is 72.9 Å². The lowest BCUT2D eigenvalue weighted by molar-refractivity contribution is -0.136. The number of phenols is 1. The average molecular weight is 1200 g/mol. The Morgan fingerprint density at radius 1 is 0.578 bits per heavy atom. The highest BCUT2D eigenvalue weighted by atomic mass is 33.1. The number of benzene rings is 2. The summed E-state index contributed by atoms with van der Waals surface area (Å²) in [5, 5.41) is 53.5. The van der Waals surface area contributed by atoms with Gasteiger partial charge in [0.2, 0.25) is 70.9 Å². The number of rotatable bonds is 18. The number of aliphatic imine (C=N–C) groups is 1. The first kappa shape index (κ1) is 66.8. The van der Waals surface area contributed by atoms with E-state index < -0.39 is 164 Å². The van der Waals surface area contributed by atoms with Gasteiger partial charge in [-0.25, -0.2) is 0 Å². The quantitative estimate of drug-likeness (QED) is 0.0244. The van der Waals surface area contributed by atoms with E-state index in [2.05, 4.69) is 57.8 Å². The maximum atomic E-state index is 14.7. The minimum absolute atomic E-state index is 0.0112. The van der Waals surface area contributed by atoms with Gasteiger partial charge in [-0.2, -0.15) is 0 Å². The van der Waals surface area contributed by atoms with E-state index in [1.807, 2.05) is 0 Å². The highest BCUT2D eigenvalue weighted by molar-refractivity contribution is 8.76. The fourth-order valence-corrected chi connectivity index (χ4v) is 10.5. The zero-order chi connectivity index (χ0) is 61.3. The van der Waals surface area contributed by atoms with Crippen LogP contribution in [-0.2, 0) is 70.4 Å². The van der Waals surface area contributed by atoms with E-state index in [1.54, 1.807) is 30.5 Å². The largest absolute Gasteiger partial charge is 0.508 e. The molecule has 2 aromatic carbocycles. The lowest BCUT2D eigenvalue weighted by atomic mass is 10.0. The van der Waals surface area contributed by atoms with Crippen LogP contribution in [-0.4, -0.2) is 183 Å². The number of guanidine groups is 1. The number of carbonyl (C=O) groups is 12. The molecule has 0 bridgehead atoms. The van der Waals surface area contributed by atoms with Gasteiger partial charge in [0.25, 0.3) is 0 Å². The van der Waals surface area contributed by atoms with E-state index in [1.165, 1.54) is 24.3 Å². The van der Waals surface area contributed by atoms with Gasteiger partial charge >= 0.3 is 0 Å². The third-order valence-corrected chi connectivity index (χ3v) is 14.9. The molecule has 0 radical (unpaired) electrons. The first-order valence-corrected chi connectivity index (χ1v) is 28.3. The third-order valence-electron chi connectivity index (χ3n) is 12.5. The predicted octanol–water partition coefficient (Wildman–Crippen LogP) is -6.51. The van der Waals surface area contributed by atoms with E-state index in [4.69, 9.17) is 28.7 Å². The van der Waals surface area contributed by atoms with Gasteiger partial charge in [-0.15, -0.1) is 0 Å². The predicted molar refractivity (Wildman–Crippen MR) is 302 cm³/mol. The average Bonchev–Trinajstić information content (AvgIpc) is 4.13. The van der Waals surface area contributed by atoms with Crippen molar-refractivity contribution in [1.29, 1.82) is 0 Å². The van der Waals surface area contributed by atoms with Crippen LogP contribution in [0.25, 0.3) is 10.9 Å². The summed E-state index contributed by atoms with van der Waals surface area (Å²) in [5.74, 6) is -13.3. The summed E-state index contributed by atoms with van der Waals surface area (Å²) in [6, 6.07) is -2.52. The van der Waals surface area contributed by atoms with E-state index in [0.717, 1.165) is 28.5 Å². The van der Waals surface area contributed by atoms with Crippen molar-refractivity contribution in [3.05, 3.63) is 65.9 Å². The molecule has 0 aliphatic carbocycles. The van der Waals surface area contributed by atoms with Gasteiger partial charge in [0.05, 0.1) is 13.2 Å². The molecule has 12 amide bonds. The van der Waals surface area contributed by atoms with Crippen LogP contribution in [0.1, 0.15) is 56.6 Å². The Morgan fingerprint density at radius 3 is 1.55 bits per heavy atom. The number of amides is 12. The SMILES string of the molecule is CC(=O)NC1CSSCC(C(N)=O)NC(=O)[C@H](CCC(N)=O)NC(=O)C(CO)NC(=O)C(Cc2ccc(O)cc2)NC(=O)[C@H](CCCN=C(N)N)NC(=O)C(Cc2c[nH]c3ccccc23)NC(=O)[C@H](CO)NC(=O)C(CCC(N)=O)NC1=O. The van der Waals surface area contributed by atoms with Gasteiger partial charge in [-0.05, 0) is 55.0 Å². The molecule has 1 aromatic heterocycles. The number of nitrogens with two attached hydrogens (primary N) is 5. The van der Waals surface area contributed by atoms with Gasteiger partial charge < -0.3 is 96.8 Å². The molecular weight excluding hydrogens is 1130 g/mol. The summed E-state index contributed by atoms with van der Waals surface area (Å²) in [7, 11) is 1.76. The van der Waals surface area contributed by atoms with Crippen LogP contribution in [0.3, 0.4) is 0 Å². The van der Waals surface area contributed by atoms with Crippen molar-refractivity contribution in [3.63, 3.8) is 0 Å². The summed E-state index contributed by atoms with van der Waals surface area (Å²) >= 11 is 0. The first-order valence-electron chi connectivity index (χ1n) is 25.8. The Balaban J connectivity index is 1.85. The Kier molecular flexibility index (Phi) is 26.8. The number of nitrogens with one attached hydrogen (secondary N) is 10. The monoisotopic (exact) mass is 1200 g/mol. The minimum Gasteiger partial charge on any atom is -0.508 e. The van der Waals surface area contributed by atoms with Gasteiger partial charge in [0.1, 0.15) is 60.1 Å². The molecule has 2 heterocycles. The topological polar surface area (TPSA) is 532 Å². The molecule has 9 atom stereocenters. The molecular formula is C50H70N16O15S2. The molecule has 31 nitrogen and oxygen atoms in total. The van der Waals surface area contributed by atoms with Crippen LogP contribution in [0, 0.1) is 0 Å². The summed E-state index contributed by atoms with van der Waals surface area (Å²) in [5.41, 5.74) is 28.9. The van der Waals surface area contributed by atoms with Crippen LogP contribution in [0.2, 0.25) is 0 Å². The Morgan fingerprint density at radius 2 is 1.04 bits per heavy atom. The van der Waals surface area contributed by atoms with Crippen LogP contribution in [0.4, 0.5) is 0 Å². The van der Waals surface area contributed by atoms with Gasteiger partial charge in [0.15, 0.2) is 5.96 Å². The number of fused-ring (bicyclic) bond motifs is 1. The lowest BCUT2D eigenvalue weighted by Crippen LogP contribution is -2.61. The highest BCUT2D eigenvalue weighted by Gasteiger charge is 2.36. The van der Waals surface area contributed by atoms with E-state index in [0.29, 0.717) is 22.0 Å². The van der Waals surface area contributed by atoms with Crippen LogP contribution in [0.5, 0.6) is 5.75 Å². The Hall–Kier alpha value is -8.69. The van der Waals surface area contributed by atoms with E-state index in [9.17, 15) is 72.9 Å². The normalized spacial score (nSPS) is 23.3. The van der Waals surface area contributed by atoms with E-state index >= 15 is 0 Å². The number of para-hydroxylation sites is 1. The Labute approximate surface area is 482 Å². The molecule has 0 spiro atoms. The smallest absolute Gasteiger partial charge is 0.245 e. The second-order valence-corrected chi connectivity index (χ2v) is 21.5. The summed E-state index contributed by atoms with van der Waals surface area (Å²) in [6.07, 6.45) is -1.23. The van der Waals surface area contributed by atoms with Crippen molar-refractivity contribution in [2.45, 2.75) is 113 Å². The van der Waals surface area contributed by atoms with Crippen LogP contribution >= 0.6 is 21.6 Å². The maximum Gasteiger partial charge on any atom is 0.245 e. The fourth-order valence-electron chi connectivity index (χ4n) is 8.11. The maximum absolute atomic E-state index is 14.7. The molecule has 1 aliphatic heterocycles. The molecule has 452 valence electrons. The molecule has 1 saturated heterocycles. The molecule has 4 rings (SSSR count). The van der Waals surface area contributed by atoms with Crippen molar-refractivity contribution in [1.82, 2.24) is 52.8 Å². The van der Waals surface area contributed by atoms with Gasteiger partial charge in [-0.3, -0.25) is 62.5 Å². The molecule has 33 heteroatoms. The fraction of sp³-hybridized carbons (Fsp3) is 0.460. The number of aliphatic hydroxyl groups excluding tert-OH is 2. The first-order chi connectivity index (χ1) is 39.4. The number of H-pyrrole nitrogens is 1. The lowest BCUT2D eigenvalue weighted by Gasteiger charge is -2.28. The van der Waals surface area contributed by atoms with Crippen molar-refractivity contribution >= 4 is 109 Å². The number of hydrogen-bond donors (Lipinski definition) is 18. The zero-order valence-corrected chi connectivity index (χ0v) is 46.6. The highest BCUT2D eigenvalue weighted by Crippen LogP contribution is 2.24. The molecule has 0 saturated carbocycles. The number of carbonyl (C=O) groups excluding carboxylic acids is 12. The second kappa shape index (κ2) is 33.3. The number of phenolic OH excluding ortho intramolecular Hbond substituents is 1. The number of hydrogen-bond acceptors (Lipinski definition) is 18. The minimum atomic E-state index is -1.87. The van der Waals surface area contributed by atoms with Gasteiger partial charge in [-0.1, -0.05) is 51.9 Å². The molecule has 6 unspecified atom stereocenters. The van der Waals surface area contributed by atoms with Crippen molar-refractivity contribution in [2.24, 2.45) is 33.7 Å². The zero-order valence-electron chi connectivity index (χ0n) is 45.0. The number of nitrogens with zero attached hydrogens (tertiary/aromatic N) is 1. The van der Waals surface area contributed by atoms with Crippen LogP contribution in [0.15, 0.2) is 59.7 Å². The molecule has 23 N–H and O–H groups in total. The third kappa shape index (κ3) is 22.3. The number of aromatic amines is 1. The standard InChI is InChI=1S/C50H70N16O15S2/c1-24(69)58-38-23-83-82-22-37(41(53)73)66-44(76)32(13-15-40(52)72)60-47(79)35(20-67)65-45(77)33(17-25-8-10-27(70)11-9-25)62-42(74)30(7-4-16-56-50(54)55)59-46(78)34(18-26-19-57-29-6-3-2-5-28(26)29)63-48(80)36(21-68)64-43(75)31(61-49(38)81)12-14-39(51)71/h2-3,5-6,8-11,19,30-38,57,67-68,70H,4,7,12-18,20-23H2,1H3,(H2,51,71)(H2,52,72)(H2,53,73)(H,58,69)(H,59,78)(H,60,79)(H,61,81)(H,62,74)(H,63,80)(H,64,75)(H,65,77)(H,66,76)(H4,54,55,56)/t30-,31?,32-,33?,34?,35?,36-,37?,38?/m0/s1. The number of aromatic hydroxyl groups is 1. The summed E-state index contributed by atoms with van der Waals surface area (Å²) in [4.78, 5) is 169. The number of aromatic nitrogens is 1. The molecule has 1 fully saturated rings. The van der Waals surface area contributed by atoms with Crippen LogP contribution < -0.4 is 76.5 Å². The number of aliphatic hydroxyl groups is 2. The summed E-state index contributed by atoms with van der Waals surface area (Å²) in [6.45, 7) is -1.20. The second-order valence-electron chi connectivity index (χ2n) is 19.0. The Bertz CT molecular complexity index is 2850. The molecule has 83 heavy (non-hydrogen) atoms. The number of primary amides is 3. The van der Waals surface area contributed by atoms with E-state index in [-0.39, 0.29) is 55.4 Å². The van der Waals surface area contributed by atoms with Gasteiger partial charge in [0, 0.05) is 67.8 Å². The molecule has 1 aliphatic rings. The summed E-state index contributed by atoms with van der Waals surface area (Å²) < 4.78 is 0. The van der Waals surface area contributed by atoms with Crippen molar-refractivity contribution in [3.8, 4) is 5.75 Å².